The van der Waals surface area contributed by atoms with Crippen molar-refractivity contribution in [2.45, 2.75) is 0 Å². The van der Waals surface area contributed by atoms with Crippen LogP contribution < -0.4 is 20.5 Å². The normalized spacial score (nSPS) is 10.0. The number of anilines is 1. The molecule has 0 radical (unpaired) electrons. The molecule has 0 aliphatic carbocycles. The van der Waals surface area contributed by atoms with E-state index in [9.17, 15) is 14.4 Å². The van der Waals surface area contributed by atoms with Gasteiger partial charge in [0, 0.05) is 0 Å². The maximum Gasteiger partial charge on any atom is 0.342 e. The van der Waals surface area contributed by atoms with Crippen molar-refractivity contribution in [3.63, 3.8) is 0 Å². The molecule has 0 bridgehead atoms. The molecule has 0 saturated heterocycles. The molecular formula is C16H16N2O6S. The van der Waals surface area contributed by atoms with Crippen LogP contribution in [-0.2, 0) is 9.53 Å². The Bertz CT molecular complexity index is 802. The predicted molar refractivity (Wildman–Crippen MR) is 91.3 cm³/mol. The number of rotatable bonds is 7. The van der Waals surface area contributed by atoms with Gasteiger partial charge in [0.05, 0.1) is 19.8 Å². The van der Waals surface area contributed by atoms with Crippen LogP contribution in [0.4, 0.5) is 5.00 Å². The minimum atomic E-state index is -0.743. The smallest absolute Gasteiger partial charge is 0.342 e. The second-order valence-electron chi connectivity index (χ2n) is 4.69. The average Bonchev–Trinajstić information content (AvgIpc) is 3.07. The number of primary amides is 1. The van der Waals surface area contributed by atoms with Gasteiger partial charge in [0.1, 0.15) is 10.6 Å². The van der Waals surface area contributed by atoms with Gasteiger partial charge in [-0.1, -0.05) is 6.07 Å². The van der Waals surface area contributed by atoms with Crippen molar-refractivity contribution in [1.82, 2.24) is 0 Å². The lowest BCUT2D eigenvalue weighted by molar-refractivity contribution is -0.119. The lowest BCUT2D eigenvalue weighted by Gasteiger charge is -2.12. The highest BCUT2D eigenvalue weighted by Gasteiger charge is 2.19. The van der Waals surface area contributed by atoms with Gasteiger partial charge >= 0.3 is 5.97 Å². The fourth-order valence-corrected chi connectivity index (χ4v) is 2.83. The Morgan fingerprint density at radius 1 is 1.12 bits per heavy atom. The quantitative estimate of drug-likeness (QED) is 0.722. The van der Waals surface area contributed by atoms with Gasteiger partial charge in [-0.25, -0.2) is 4.79 Å². The molecule has 2 aromatic rings. The van der Waals surface area contributed by atoms with Crippen LogP contribution in [0.15, 0.2) is 29.6 Å². The number of para-hydroxylation sites is 1. The summed E-state index contributed by atoms with van der Waals surface area (Å²) >= 11 is 1.14. The van der Waals surface area contributed by atoms with E-state index in [1.165, 1.54) is 26.4 Å². The lowest BCUT2D eigenvalue weighted by atomic mass is 10.2. The van der Waals surface area contributed by atoms with Crippen LogP contribution in [0.2, 0.25) is 0 Å². The maximum absolute atomic E-state index is 12.2. The zero-order chi connectivity index (χ0) is 18.4. The van der Waals surface area contributed by atoms with Gasteiger partial charge in [-0.2, -0.15) is 0 Å². The minimum Gasteiger partial charge on any atom is -0.493 e. The molecule has 1 aromatic heterocycles. The van der Waals surface area contributed by atoms with E-state index in [1.54, 1.807) is 17.5 Å². The molecule has 2 rings (SSSR count). The van der Waals surface area contributed by atoms with E-state index in [0.29, 0.717) is 10.8 Å². The third-order valence-corrected chi connectivity index (χ3v) is 3.97. The molecule has 1 aromatic carbocycles. The second kappa shape index (κ2) is 8.15. The first-order valence-electron chi connectivity index (χ1n) is 7.03. The van der Waals surface area contributed by atoms with E-state index < -0.39 is 24.4 Å². The molecule has 3 N–H and O–H groups in total. The van der Waals surface area contributed by atoms with Crippen LogP contribution >= 0.6 is 11.3 Å². The summed E-state index contributed by atoms with van der Waals surface area (Å²) in [5.41, 5.74) is 5.52. The Balaban J connectivity index is 2.01. The summed E-state index contributed by atoms with van der Waals surface area (Å²) < 4.78 is 15.2. The number of hydrogen-bond donors (Lipinski definition) is 2. The fourth-order valence-electron chi connectivity index (χ4n) is 2.02. The van der Waals surface area contributed by atoms with Crippen molar-refractivity contribution in [1.29, 1.82) is 0 Å². The number of benzene rings is 1. The van der Waals surface area contributed by atoms with Crippen molar-refractivity contribution < 1.29 is 28.6 Å². The van der Waals surface area contributed by atoms with Gasteiger partial charge in [-0.05, 0) is 23.6 Å². The van der Waals surface area contributed by atoms with Crippen molar-refractivity contribution >= 4 is 34.1 Å². The molecule has 0 aliphatic heterocycles. The van der Waals surface area contributed by atoms with Crippen LogP contribution in [-0.4, -0.2) is 38.6 Å². The topological polar surface area (TPSA) is 117 Å². The van der Waals surface area contributed by atoms with E-state index >= 15 is 0 Å². The van der Waals surface area contributed by atoms with E-state index in [1.807, 2.05) is 0 Å². The highest BCUT2D eigenvalue weighted by atomic mass is 32.1. The van der Waals surface area contributed by atoms with Gasteiger partial charge in [0.15, 0.2) is 18.1 Å². The molecule has 0 saturated carbocycles. The molecule has 132 valence electrons. The number of hydrogen-bond acceptors (Lipinski definition) is 7. The number of amides is 2. The molecule has 0 fully saturated rings. The highest BCUT2D eigenvalue weighted by molar-refractivity contribution is 7.14. The van der Waals surface area contributed by atoms with E-state index in [0.717, 1.165) is 11.3 Å². The lowest BCUT2D eigenvalue weighted by Crippen LogP contribution is -2.22. The number of ether oxygens (including phenoxy) is 3. The Labute approximate surface area is 147 Å². The number of esters is 1. The molecule has 0 spiro atoms. The fraction of sp³-hybridized carbons (Fsp3) is 0.188. The van der Waals surface area contributed by atoms with Crippen molar-refractivity contribution in [2.24, 2.45) is 5.73 Å². The Morgan fingerprint density at radius 3 is 2.52 bits per heavy atom. The third-order valence-electron chi connectivity index (χ3n) is 3.14. The monoisotopic (exact) mass is 364 g/mol. The van der Waals surface area contributed by atoms with Gasteiger partial charge in [0.2, 0.25) is 0 Å². The zero-order valence-corrected chi connectivity index (χ0v) is 14.3. The van der Waals surface area contributed by atoms with Crippen LogP contribution in [0.5, 0.6) is 11.5 Å². The maximum atomic E-state index is 12.2. The molecule has 9 heteroatoms. The summed E-state index contributed by atoms with van der Waals surface area (Å²) in [7, 11) is 2.83. The third kappa shape index (κ3) is 4.27. The predicted octanol–water partition coefficient (Wildman–Crippen LogP) is 1.66. The van der Waals surface area contributed by atoms with Crippen molar-refractivity contribution in [3.05, 3.63) is 40.8 Å². The van der Waals surface area contributed by atoms with E-state index in [2.05, 4.69) is 5.32 Å². The van der Waals surface area contributed by atoms with Crippen LogP contribution in [0.25, 0.3) is 0 Å². The number of nitrogens with two attached hydrogens (primary N) is 1. The summed E-state index contributed by atoms with van der Waals surface area (Å²) in [6, 6.07) is 6.22. The molecule has 0 atom stereocenters. The van der Waals surface area contributed by atoms with Gasteiger partial charge in [-0.3, -0.25) is 9.59 Å². The molecule has 0 aliphatic rings. The van der Waals surface area contributed by atoms with E-state index in [4.69, 9.17) is 19.9 Å². The molecule has 8 nitrogen and oxygen atoms in total. The van der Waals surface area contributed by atoms with Crippen molar-refractivity contribution in [3.8, 4) is 11.5 Å². The van der Waals surface area contributed by atoms with Gasteiger partial charge < -0.3 is 25.3 Å². The summed E-state index contributed by atoms with van der Waals surface area (Å²) in [5, 5.41) is 4.39. The molecule has 0 unspecified atom stereocenters. The first-order valence-corrected chi connectivity index (χ1v) is 7.91. The van der Waals surface area contributed by atoms with Gasteiger partial charge in [0.25, 0.3) is 11.8 Å². The number of thiophene rings is 1. The Morgan fingerprint density at radius 2 is 1.88 bits per heavy atom. The summed E-state index contributed by atoms with van der Waals surface area (Å²) in [5.74, 6) is -1.42. The van der Waals surface area contributed by atoms with Crippen molar-refractivity contribution in [2.75, 3.05) is 26.1 Å². The summed E-state index contributed by atoms with van der Waals surface area (Å²) in [4.78, 5) is 35.3. The number of nitrogens with one attached hydrogen (secondary N) is 1. The Hall–Kier alpha value is -3.07. The largest absolute Gasteiger partial charge is 0.493 e. The first-order chi connectivity index (χ1) is 12.0. The molecule has 1 heterocycles. The molecule has 25 heavy (non-hydrogen) atoms. The molecule has 2 amide bonds. The summed E-state index contributed by atoms with van der Waals surface area (Å²) in [6.07, 6.45) is 0. The highest BCUT2D eigenvalue weighted by Crippen LogP contribution is 2.31. The van der Waals surface area contributed by atoms with Crippen LogP contribution in [0, 0.1) is 0 Å². The second-order valence-corrected chi connectivity index (χ2v) is 5.61. The molecular weight excluding hydrogens is 348 g/mol. The van der Waals surface area contributed by atoms with E-state index in [-0.39, 0.29) is 16.9 Å². The minimum absolute atomic E-state index is 0.128. The number of carbonyl (C=O) groups is 3. The van der Waals surface area contributed by atoms with Gasteiger partial charge in [-0.15, -0.1) is 11.3 Å². The van der Waals surface area contributed by atoms with Crippen LogP contribution in [0.1, 0.15) is 20.7 Å². The standard InChI is InChI=1S/C16H16N2O6S/c1-22-11-5-3-4-9(13(11)23-2)16(21)24-8-12(19)18-15-10(14(17)20)6-7-25-15/h3-7H,8H2,1-2H3,(H2,17,20)(H,18,19). The number of methoxy groups -OCH3 is 2. The number of carbonyl (C=O) groups excluding carboxylic acids is 3. The van der Waals surface area contributed by atoms with Crippen LogP contribution in [0.3, 0.4) is 0 Å². The SMILES string of the molecule is COc1cccc(C(=O)OCC(=O)Nc2sccc2C(N)=O)c1OC. The zero-order valence-electron chi connectivity index (χ0n) is 13.5. The summed E-state index contributed by atoms with van der Waals surface area (Å²) in [6.45, 7) is -0.532. The average molecular weight is 364 g/mol. The first kappa shape index (κ1) is 18.3. The Kier molecular flexibility index (Phi) is 5.96.